The lowest BCUT2D eigenvalue weighted by molar-refractivity contribution is 0.392. The molecule has 0 unspecified atom stereocenters. The summed E-state index contributed by atoms with van der Waals surface area (Å²) in [6.45, 7) is 1.74. The van der Waals surface area contributed by atoms with Crippen LogP contribution in [0.25, 0.3) is 5.52 Å². The minimum atomic E-state index is -0.250. The summed E-state index contributed by atoms with van der Waals surface area (Å²) in [4.78, 5) is 7.42. The van der Waals surface area contributed by atoms with Gasteiger partial charge in [-0.05, 0) is 6.92 Å². The molecule has 0 aliphatic carbocycles. The Morgan fingerprint density at radius 2 is 2.17 bits per heavy atom. The number of aryl methyl sites for hydroxylation is 1. The van der Waals surface area contributed by atoms with Crippen molar-refractivity contribution in [3.8, 4) is 11.9 Å². The third-order valence-corrected chi connectivity index (χ3v) is 1.66. The van der Waals surface area contributed by atoms with Crippen molar-refractivity contribution in [2.45, 2.75) is 6.92 Å². The molecule has 0 spiro atoms. The van der Waals surface area contributed by atoms with Crippen molar-refractivity contribution in [3.05, 3.63) is 18.1 Å². The molecule has 0 aliphatic rings. The van der Waals surface area contributed by atoms with Crippen molar-refractivity contribution in [3.63, 3.8) is 0 Å². The zero-order valence-corrected chi connectivity index (χ0v) is 6.39. The first-order chi connectivity index (χ1) is 5.68. The first kappa shape index (κ1) is 6.90. The van der Waals surface area contributed by atoms with Crippen LogP contribution in [0.3, 0.4) is 0 Å². The quantitative estimate of drug-likeness (QED) is 0.594. The van der Waals surface area contributed by atoms with E-state index in [0.717, 1.165) is 0 Å². The molecule has 0 aromatic carbocycles. The Kier molecular flexibility index (Phi) is 1.21. The average Bonchev–Trinajstić information content (AvgIpc) is 2.31. The summed E-state index contributed by atoms with van der Waals surface area (Å²) in [6, 6.07) is 1.18. The molecule has 0 bridgehead atoms. The fourth-order valence-electron chi connectivity index (χ4n) is 1.14. The number of nitrogens with zero attached hydrogens (tertiary/aromatic N) is 3. The van der Waals surface area contributed by atoms with Crippen LogP contribution in [0.5, 0.6) is 11.9 Å². The summed E-state index contributed by atoms with van der Waals surface area (Å²) < 4.78 is 1.44. The van der Waals surface area contributed by atoms with Gasteiger partial charge in [-0.25, -0.2) is 4.98 Å². The van der Waals surface area contributed by atoms with Crippen molar-refractivity contribution in [2.24, 2.45) is 0 Å². The lowest BCUT2D eigenvalue weighted by Crippen LogP contribution is -1.91. The summed E-state index contributed by atoms with van der Waals surface area (Å²) in [5.74, 6) is 0.426. The summed E-state index contributed by atoms with van der Waals surface area (Å²) in [6.07, 6.45) is 1.55. The van der Waals surface area contributed by atoms with Crippen molar-refractivity contribution in [1.82, 2.24) is 14.4 Å². The van der Waals surface area contributed by atoms with E-state index in [0.29, 0.717) is 11.3 Å². The predicted octanol–water partition coefficient (Wildman–Crippen LogP) is 0.449. The van der Waals surface area contributed by atoms with Gasteiger partial charge in [-0.15, -0.1) is 0 Å². The van der Waals surface area contributed by atoms with Gasteiger partial charge in [0, 0.05) is 6.07 Å². The molecule has 0 radical (unpaired) electrons. The summed E-state index contributed by atoms with van der Waals surface area (Å²) in [7, 11) is 0. The fraction of sp³-hybridized carbons (Fsp3) is 0.143. The van der Waals surface area contributed by atoms with Gasteiger partial charge in [0.05, 0.1) is 11.7 Å². The van der Waals surface area contributed by atoms with E-state index in [9.17, 15) is 5.11 Å². The highest BCUT2D eigenvalue weighted by Crippen LogP contribution is 2.17. The molecule has 62 valence electrons. The van der Waals surface area contributed by atoms with Gasteiger partial charge in [0.2, 0.25) is 5.88 Å². The van der Waals surface area contributed by atoms with Gasteiger partial charge < -0.3 is 10.2 Å². The maximum atomic E-state index is 9.27. The van der Waals surface area contributed by atoms with E-state index < -0.39 is 0 Å². The molecule has 12 heavy (non-hydrogen) atoms. The Balaban J connectivity index is 2.93. The van der Waals surface area contributed by atoms with E-state index in [1.54, 1.807) is 13.1 Å². The van der Waals surface area contributed by atoms with Crippen LogP contribution >= 0.6 is 0 Å². The van der Waals surface area contributed by atoms with Crippen LogP contribution < -0.4 is 0 Å². The van der Waals surface area contributed by atoms with Crippen molar-refractivity contribution in [1.29, 1.82) is 0 Å². The van der Waals surface area contributed by atoms with Gasteiger partial charge in [-0.2, -0.15) is 4.98 Å². The largest absolute Gasteiger partial charge is 0.493 e. The Hall–Kier alpha value is -1.78. The number of rotatable bonds is 0. The predicted molar refractivity (Wildman–Crippen MR) is 41.1 cm³/mol. The van der Waals surface area contributed by atoms with Crippen molar-refractivity contribution < 1.29 is 10.2 Å². The fourth-order valence-corrected chi connectivity index (χ4v) is 1.14. The van der Waals surface area contributed by atoms with E-state index in [1.165, 1.54) is 10.5 Å². The maximum absolute atomic E-state index is 9.27. The molecule has 2 aromatic heterocycles. The molecule has 2 aromatic rings. The zero-order valence-electron chi connectivity index (χ0n) is 6.39. The molecule has 5 nitrogen and oxygen atoms in total. The molecule has 5 heteroatoms. The van der Waals surface area contributed by atoms with Crippen LogP contribution in [0.2, 0.25) is 0 Å². The van der Waals surface area contributed by atoms with Crippen LogP contribution in [0.15, 0.2) is 12.3 Å². The lowest BCUT2D eigenvalue weighted by atomic mass is 10.5. The van der Waals surface area contributed by atoms with Crippen LogP contribution in [0.4, 0.5) is 0 Å². The molecule has 0 saturated heterocycles. The average molecular weight is 165 g/mol. The Bertz CT molecular complexity index is 435. The van der Waals surface area contributed by atoms with Crippen molar-refractivity contribution >= 4 is 5.52 Å². The molecule has 0 saturated carbocycles. The molecule has 2 N–H and O–H groups in total. The standard InChI is InChI=1S/C7H7N3O2/c1-4-8-3-5-2-6(11)9-7(12)10(4)5/h2-3,11H,1H3,(H,9,12). The van der Waals surface area contributed by atoms with Crippen LogP contribution in [-0.4, -0.2) is 24.6 Å². The Labute approximate surface area is 67.9 Å². The van der Waals surface area contributed by atoms with Gasteiger partial charge in [-0.3, -0.25) is 4.40 Å². The van der Waals surface area contributed by atoms with E-state index in [-0.39, 0.29) is 11.9 Å². The number of fused-ring (bicyclic) bond motifs is 1. The number of imidazole rings is 1. The molecule has 0 amide bonds. The number of aromatic hydroxyl groups is 2. The first-order valence-corrected chi connectivity index (χ1v) is 3.41. The van der Waals surface area contributed by atoms with E-state index >= 15 is 0 Å². The second kappa shape index (κ2) is 2.10. The topological polar surface area (TPSA) is 70.7 Å². The molecule has 2 rings (SSSR count). The van der Waals surface area contributed by atoms with Gasteiger partial charge in [0.25, 0.3) is 0 Å². The summed E-state index contributed by atoms with van der Waals surface area (Å²) >= 11 is 0. The first-order valence-electron chi connectivity index (χ1n) is 3.41. The molecular formula is C7H7N3O2. The number of aromatic nitrogens is 3. The van der Waals surface area contributed by atoms with E-state index in [4.69, 9.17) is 5.11 Å². The monoisotopic (exact) mass is 165 g/mol. The summed E-state index contributed by atoms with van der Waals surface area (Å²) in [5, 5.41) is 18.3. The van der Waals surface area contributed by atoms with Crippen LogP contribution in [-0.2, 0) is 0 Å². The zero-order chi connectivity index (χ0) is 8.72. The normalized spacial score (nSPS) is 10.8. The number of hydrogen-bond acceptors (Lipinski definition) is 4. The Morgan fingerprint density at radius 1 is 1.42 bits per heavy atom. The van der Waals surface area contributed by atoms with Crippen LogP contribution in [0, 0.1) is 6.92 Å². The van der Waals surface area contributed by atoms with Crippen LogP contribution in [0.1, 0.15) is 5.82 Å². The third kappa shape index (κ3) is 0.795. The molecule has 0 aliphatic heterocycles. The highest BCUT2D eigenvalue weighted by molar-refractivity contribution is 5.49. The van der Waals surface area contributed by atoms with Gasteiger partial charge in [0.1, 0.15) is 5.82 Å². The third-order valence-electron chi connectivity index (χ3n) is 1.66. The second-order valence-corrected chi connectivity index (χ2v) is 2.48. The lowest BCUT2D eigenvalue weighted by Gasteiger charge is -1.99. The summed E-state index contributed by atoms with van der Waals surface area (Å²) in [5.41, 5.74) is 0.623. The van der Waals surface area contributed by atoms with E-state index in [2.05, 4.69) is 9.97 Å². The maximum Gasteiger partial charge on any atom is 0.303 e. The van der Waals surface area contributed by atoms with E-state index in [1.807, 2.05) is 0 Å². The van der Waals surface area contributed by atoms with Crippen molar-refractivity contribution in [2.75, 3.05) is 0 Å². The molecule has 0 atom stereocenters. The Morgan fingerprint density at radius 3 is 2.92 bits per heavy atom. The second-order valence-electron chi connectivity index (χ2n) is 2.48. The smallest absolute Gasteiger partial charge is 0.303 e. The van der Waals surface area contributed by atoms with Gasteiger partial charge >= 0.3 is 6.01 Å². The minimum absolute atomic E-state index is 0.208. The van der Waals surface area contributed by atoms with Gasteiger partial charge in [-0.1, -0.05) is 0 Å². The highest BCUT2D eigenvalue weighted by Gasteiger charge is 2.05. The minimum Gasteiger partial charge on any atom is -0.493 e. The SMILES string of the molecule is Cc1ncc2cc(O)nc(O)n12. The van der Waals surface area contributed by atoms with Gasteiger partial charge in [0.15, 0.2) is 0 Å². The molecule has 2 heterocycles. The molecule has 0 fully saturated rings. The highest BCUT2D eigenvalue weighted by atomic mass is 16.3. The molecular weight excluding hydrogens is 158 g/mol. The number of hydrogen-bond donors (Lipinski definition) is 2.